The number of benzene rings is 2. The number of aromatic amines is 1. The molecule has 2 aromatic carbocycles. The van der Waals surface area contributed by atoms with Crippen LogP contribution in [0.2, 0.25) is 0 Å². The quantitative estimate of drug-likeness (QED) is 0.508. The molecule has 4 aromatic rings. The molecule has 2 N–H and O–H groups in total. The van der Waals surface area contributed by atoms with Crippen LogP contribution < -0.4 is 5.32 Å². The highest BCUT2D eigenvalue weighted by atomic mass is 32.1. The number of carbonyl (C=O) groups is 1. The topological polar surface area (TPSA) is 44.9 Å². The second-order valence-corrected chi connectivity index (χ2v) is 6.84. The summed E-state index contributed by atoms with van der Waals surface area (Å²) in [5, 5.41) is 6.05. The van der Waals surface area contributed by atoms with Gasteiger partial charge in [-0.15, -0.1) is 11.3 Å². The fraction of sp³-hybridized carbons (Fsp3) is 0.0455. The van der Waals surface area contributed by atoms with E-state index in [0.717, 1.165) is 32.6 Å². The van der Waals surface area contributed by atoms with Crippen LogP contribution in [0.15, 0.2) is 72.2 Å². The molecular formula is C22H16N2OS. The van der Waals surface area contributed by atoms with E-state index in [1.807, 2.05) is 72.2 Å². The van der Waals surface area contributed by atoms with Crippen LogP contribution in [0.1, 0.15) is 16.0 Å². The zero-order chi connectivity index (χ0) is 17.8. The van der Waals surface area contributed by atoms with Crippen molar-refractivity contribution in [3.8, 4) is 11.8 Å². The minimum atomic E-state index is -0.0434. The number of hydrogen-bond acceptors (Lipinski definition) is 2. The Morgan fingerprint density at radius 1 is 1.04 bits per heavy atom. The summed E-state index contributed by atoms with van der Waals surface area (Å²) < 4.78 is 0. The van der Waals surface area contributed by atoms with Gasteiger partial charge < -0.3 is 10.3 Å². The maximum absolute atomic E-state index is 12.4. The Labute approximate surface area is 155 Å². The number of amides is 1. The lowest BCUT2D eigenvalue weighted by molar-refractivity contribution is -0.115. The van der Waals surface area contributed by atoms with Gasteiger partial charge in [-0.05, 0) is 41.3 Å². The molecule has 4 heteroatoms. The molecule has 4 rings (SSSR count). The number of nitrogens with one attached hydrogen (secondary N) is 2. The van der Waals surface area contributed by atoms with Crippen molar-refractivity contribution in [1.29, 1.82) is 0 Å². The van der Waals surface area contributed by atoms with Gasteiger partial charge >= 0.3 is 0 Å². The monoisotopic (exact) mass is 356 g/mol. The molecule has 2 heterocycles. The third kappa shape index (κ3) is 3.69. The van der Waals surface area contributed by atoms with Gasteiger partial charge in [-0.2, -0.15) is 0 Å². The Hall–Kier alpha value is -3.29. The Morgan fingerprint density at radius 3 is 2.85 bits per heavy atom. The van der Waals surface area contributed by atoms with Crippen LogP contribution in [0.4, 0.5) is 5.69 Å². The van der Waals surface area contributed by atoms with Crippen LogP contribution in [-0.4, -0.2) is 10.9 Å². The Morgan fingerprint density at radius 2 is 1.96 bits per heavy atom. The molecule has 3 nitrogen and oxygen atoms in total. The van der Waals surface area contributed by atoms with Gasteiger partial charge in [0.2, 0.25) is 5.91 Å². The van der Waals surface area contributed by atoms with E-state index in [1.54, 1.807) is 11.3 Å². The molecule has 1 amide bonds. The molecule has 0 aliphatic heterocycles. The standard InChI is InChI=1S/C22H16N2OS/c25-22(14-17-15-23-21-9-2-1-8-20(17)21)24-18-6-3-5-16(13-18)10-11-19-7-4-12-26-19/h1-9,12-13,15,23H,14H2,(H,24,25). The summed E-state index contributed by atoms with van der Waals surface area (Å²) in [7, 11) is 0. The van der Waals surface area contributed by atoms with Crippen molar-refractivity contribution in [1.82, 2.24) is 4.98 Å². The highest BCUT2D eigenvalue weighted by molar-refractivity contribution is 7.10. The second-order valence-electron chi connectivity index (χ2n) is 5.89. The molecule has 0 aliphatic rings. The van der Waals surface area contributed by atoms with Crippen LogP contribution in [0.25, 0.3) is 10.9 Å². The SMILES string of the molecule is O=C(Cc1c[nH]c2ccccc12)Nc1cccc(C#Cc2cccs2)c1. The lowest BCUT2D eigenvalue weighted by atomic mass is 10.1. The van der Waals surface area contributed by atoms with E-state index in [9.17, 15) is 4.79 Å². The molecule has 0 atom stereocenters. The van der Waals surface area contributed by atoms with Gasteiger partial charge in [0.25, 0.3) is 0 Å². The van der Waals surface area contributed by atoms with Crippen LogP contribution in [0, 0.1) is 11.8 Å². The summed E-state index contributed by atoms with van der Waals surface area (Å²) in [5.41, 5.74) is 3.67. The molecule has 0 radical (unpaired) electrons. The fourth-order valence-electron chi connectivity index (χ4n) is 2.81. The van der Waals surface area contributed by atoms with Gasteiger partial charge in [0.1, 0.15) is 0 Å². The van der Waals surface area contributed by atoms with Gasteiger partial charge in [0.15, 0.2) is 0 Å². The minimum absolute atomic E-state index is 0.0434. The zero-order valence-corrected chi connectivity index (χ0v) is 14.8. The second kappa shape index (κ2) is 7.30. The van der Waals surface area contributed by atoms with Gasteiger partial charge in [-0.1, -0.05) is 42.2 Å². The molecule has 0 spiro atoms. The third-order valence-corrected chi connectivity index (χ3v) is 4.81. The largest absolute Gasteiger partial charge is 0.361 e. The normalized spacial score (nSPS) is 10.3. The molecule has 26 heavy (non-hydrogen) atoms. The molecule has 0 aliphatic carbocycles. The van der Waals surface area contributed by atoms with Gasteiger partial charge in [0, 0.05) is 28.4 Å². The molecule has 2 aromatic heterocycles. The summed E-state index contributed by atoms with van der Waals surface area (Å²) in [4.78, 5) is 16.6. The van der Waals surface area contributed by atoms with Crippen molar-refractivity contribution in [2.45, 2.75) is 6.42 Å². The average molecular weight is 356 g/mol. The highest BCUT2D eigenvalue weighted by Gasteiger charge is 2.09. The number of hydrogen-bond donors (Lipinski definition) is 2. The van der Waals surface area contributed by atoms with Crippen LogP contribution in [0.5, 0.6) is 0 Å². The fourth-order valence-corrected chi connectivity index (χ4v) is 3.39. The molecule has 0 unspecified atom stereocenters. The van der Waals surface area contributed by atoms with E-state index in [1.165, 1.54) is 0 Å². The van der Waals surface area contributed by atoms with Crippen molar-refractivity contribution >= 4 is 33.8 Å². The number of fused-ring (bicyclic) bond motifs is 1. The highest BCUT2D eigenvalue weighted by Crippen LogP contribution is 2.19. The zero-order valence-electron chi connectivity index (χ0n) is 14.0. The van der Waals surface area contributed by atoms with Gasteiger partial charge in [-0.25, -0.2) is 0 Å². The first kappa shape index (κ1) is 16.2. The Bertz CT molecular complexity index is 1110. The first-order chi connectivity index (χ1) is 12.8. The molecule has 0 saturated heterocycles. The third-order valence-electron chi connectivity index (χ3n) is 4.02. The molecule has 0 saturated carbocycles. The summed E-state index contributed by atoms with van der Waals surface area (Å²) in [5.74, 6) is 6.22. The predicted molar refractivity (Wildman–Crippen MR) is 107 cm³/mol. The maximum Gasteiger partial charge on any atom is 0.228 e. The Balaban J connectivity index is 1.47. The van der Waals surface area contributed by atoms with E-state index in [2.05, 4.69) is 22.1 Å². The minimum Gasteiger partial charge on any atom is -0.361 e. The molecule has 126 valence electrons. The molecule has 0 bridgehead atoms. The lowest BCUT2D eigenvalue weighted by Crippen LogP contribution is -2.14. The first-order valence-corrected chi connectivity index (χ1v) is 9.16. The van der Waals surface area contributed by atoms with E-state index >= 15 is 0 Å². The van der Waals surface area contributed by atoms with Crippen LogP contribution in [-0.2, 0) is 11.2 Å². The van der Waals surface area contributed by atoms with E-state index < -0.39 is 0 Å². The smallest absolute Gasteiger partial charge is 0.228 e. The van der Waals surface area contributed by atoms with Crippen molar-refractivity contribution in [2.75, 3.05) is 5.32 Å². The average Bonchev–Trinajstić information content (AvgIpc) is 3.31. The van der Waals surface area contributed by atoms with Crippen LogP contribution in [0.3, 0.4) is 0 Å². The van der Waals surface area contributed by atoms with Crippen molar-refractivity contribution in [2.24, 2.45) is 0 Å². The number of thiophene rings is 1. The van der Waals surface area contributed by atoms with Crippen molar-refractivity contribution in [3.05, 3.63) is 88.2 Å². The van der Waals surface area contributed by atoms with E-state index in [0.29, 0.717) is 6.42 Å². The van der Waals surface area contributed by atoms with E-state index in [4.69, 9.17) is 0 Å². The Kier molecular flexibility index (Phi) is 4.55. The predicted octanol–water partition coefficient (Wildman–Crippen LogP) is 4.81. The first-order valence-electron chi connectivity index (χ1n) is 8.28. The van der Waals surface area contributed by atoms with Crippen molar-refractivity contribution < 1.29 is 4.79 Å². The number of anilines is 1. The summed E-state index contributed by atoms with van der Waals surface area (Å²) in [6.45, 7) is 0. The van der Waals surface area contributed by atoms with Crippen molar-refractivity contribution in [3.63, 3.8) is 0 Å². The number of carbonyl (C=O) groups excluding carboxylic acids is 1. The molecular weight excluding hydrogens is 340 g/mol. The van der Waals surface area contributed by atoms with E-state index in [-0.39, 0.29) is 5.91 Å². The lowest BCUT2D eigenvalue weighted by Gasteiger charge is -2.05. The van der Waals surface area contributed by atoms with Crippen LogP contribution >= 0.6 is 11.3 Å². The number of H-pyrrole nitrogens is 1. The summed E-state index contributed by atoms with van der Waals surface area (Å²) in [6, 6.07) is 19.6. The maximum atomic E-state index is 12.4. The van der Waals surface area contributed by atoms with Gasteiger partial charge in [-0.3, -0.25) is 4.79 Å². The summed E-state index contributed by atoms with van der Waals surface area (Å²) in [6.07, 6.45) is 2.22. The summed E-state index contributed by atoms with van der Waals surface area (Å²) >= 11 is 1.61. The van der Waals surface area contributed by atoms with Gasteiger partial charge in [0.05, 0.1) is 11.3 Å². The number of para-hydroxylation sites is 1. The number of aromatic nitrogens is 1. The molecule has 0 fully saturated rings. The number of rotatable bonds is 3.